The van der Waals surface area contributed by atoms with Crippen molar-refractivity contribution in [3.05, 3.63) is 53.5 Å². The number of nitrogens with one attached hydrogen (secondary N) is 1. The van der Waals surface area contributed by atoms with Crippen molar-refractivity contribution in [2.75, 3.05) is 5.32 Å². The van der Waals surface area contributed by atoms with E-state index in [0.717, 1.165) is 16.9 Å². The minimum atomic E-state index is -4.74. The van der Waals surface area contributed by atoms with Crippen molar-refractivity contribution in [2.24, 2.45) is 0 Å². The predicted molar refractivity (Wildman–Crippen MR) is 94.6 cm³/mol. The van der Waals surface area contributed by atoms with Crippen LogP contribution in [0.4, 0.5) is 32.2 Å². The van der Waals surface area contributed by atoms with Gasteiger partial charge in [0.25, 0.3) is 5.78 Å². The molecule has 1 unspecified atom stereocenters. The highest BCUT2D eigenvalue weighted by molar-refractivity contribution is 5.48. The minimum absolute atomic E-state index is 0.0164. The normalized spacial score (nSPS) is 14.2. The molecular weight excluding hydrogens is 416 g/mol. The SMILES string of the molecule is CC(C)(O)C(Nc1cc(C(F)(F)F)nc2ncnn12)c1ccc(CC(F)(F)F)cc1. The van der Waals surface area contributed by atoms with Crippen molar-refractivity contribution in [1.29, 1.82) is 0 Å². The van der Waals surface area contributed by atoms with E-state index in [0.29, 0.717) is 5.56 Å². The maximum absolute atomic E-state index is 13.2. The van der Waals surface area contributed by atoms with Crippen LogP contribution in [0.2, 0.25) is 0 Å². The third-order valence-electron chi connectivity index (χ3n) is 4.26. The summed E-state index contributed by atoms with van der Waals surface area (Å²) in [6.07, 6.45) is -9.21. The summed E-state index contributed by atoms with van der Waals surface area (Å²) in [6, 6.07) is 5.00. The number of fused-ring (bicyclic) bond motifs is 1. The maximum Gasteiger partial charge on any atom is 0.433 e. The standard InChI is InChI=1S/C18H17F6N5O/c1-16(2,30)14(11-5-3-10(4-6-11)8-17(19,20)21)28-13-7-12(18(22,23)24)27-15-25-9-26-29(13)15/h3-7,9,14,28,30H,8H2,1-2H3. The summed E-state index contributed by atoms with van der Waals surface area (Å²) in [5.74, 6) is -0.446. The van der Waals surface area contributed by atoms with Crippen molar-refractivity contribution in [1.82, 2.24) is 19.6 Å². The van der Waals surface area contributed by atoms with Gasteiger partial charge in [0, 0.05) is 6.07 Å². The molecule has 12 heteroatoms. The highest BCUT2D eigenvalue weighted by atomic mass is 19.4. The Morgan fingerprint density at radius 1 is 1.07 bits per heavy atom. The van der Waals surface area contributed by atoms with E-state index in [1.807, 2.05) is 0 Å². The first-order valence-electron chi connectivity index (χ1n) is 8.66. The van der Waals surface area contributed by atoms with Crippen LogP contribution in [-0.4, -0.2) is 36.5 Å². The number of hydrogen-bond donors (Lipinski definition) is 2. The van der Waals surface area contributed by atoms with Gasteiger partial charge in [0.2, 0.25) is 0 Å². The number of aliphatic hydroxyl groups is 1. The quantitative estimate of drug-likeness (QED) is 0.591. The Kier molecular flexibility index (Phi) is 5.39. The first-order valence-corrected chi connectivity index (χ1v) is 8.66. The summed E-state index contributed by atoms with van der Waals surface area (Å²) in [5.41, 5.74) is -2.32. The average Bonchev–Trinajstić information content (AvgIpc) is 3.06. The fourth-order valence-corrected chi connectivity index (χ4v) is 2.94. The molecule has 2 heterocycles. The lowest BCUT2D eigenvalue weighted by Gasteiger charge is -2.31. The van der Waals surface area contributed by atoms with E-state index >= 15 is 0 Å². The maximum atomic E-state index is 13.2. The monoisotopic (exact) mass is 433 g/mol. The van der Waals surface area contributed by atoms with Crippen LogP contribution < -0.4 is 5.32 Å². The number of hydrogen-bond acceptors (Lipinski definition) is 5. The molecular formula is C18H17F6N5O. The van der Waals surface area contributed by atoms with Crippen LogP contribution >= 0.6 is 0 Å². The van der Waals surface area contributed by atoms with Gasteiger partial charge >= 0.3 is 12.4 Å². The lowest BCUT2D eigenvalue weighted by molar-refractivity contribution is -0.141. The van der Waals surface area contributed by atoms with Crippen LogP contribution in [0.25, 0.3) is 5.78 Å². The van der Waals surface area contributed by atoms with Gasteiger partial charge in [-0.3, -0.25) is 0 Å². The summed E-state index contributed by atoms with van der Waals surface area (Å²) >= 11 is 0. The first kappa shape index (κ1) is 21.8. The van der Waals surface area contributed by atoms with Gasteiger partial charge in [-0.15, -0.1) is 0 Å². The van der Waals surface area contributed by atoms with Gasteiger partial charge < -0.3 is 10.4 Å². The van der Waals surface area contributed by atoms with Crippen molar-refractivity contribution in [3.8, 4) is 0 Å². The van der Waals surface area contributed by atoms with Crippen LogP contribution in [0.1, 0.15) is 36.7 Å². The molecule has 0 amide bonds. The summed E-state index contributed by atoms with van der Waals surface area (Å²) in [4.78, 5) is 7.08. The zero-order valence-corrected chi connectivity index (χ0v) is 15.8. The number of nitrogens with zero attached hydrogens (tertiary/aromatic N) is 4. The van der Waals surface area contributed by atoms with Crippen molar-refractivity contribution < 1.29 is 31.4 Å². The molecule has 0 bridgehead atoms. The molecule has 0 aliphatic heterocycles. The Bertz CT molecular complexity index is 1020. The third-order valence-corrected chi connectivity index (χ3v) is 4.26. The lowest BCUT2D eigenvalue weighted by Crippen LogP contribution is -2.35. The zero-order chi connectivity index (χ0) is 22.3. The van der Waals surface area contributed by atoms with E-state index in [2.05, 4.69) is 20.4 Å². The van der Waals surface area contributed by atoms with Crippen LogP contribution in [0.5, 0.6) is 0 Å². The molecule has 0 spiro atoms. The fourth-order valence-electron chi connectivity index (χ4n) is 2.94. The molecule has 0 fully saturated rings. The molecule has 0 radical (unpaired) electrons. The van der Waals surface area contributed by atoms with Crippen LogP contribution in [-0.2, 0) is 12.6 Å². The molecule has 3 aromatic rings. The molecule has 0 aliphatic rings. The lowest BCUT2D eigenvalue weighted by atomic mass is 9.91. The van der Waals surface area contributed by atoms with Crippen molar-refractivity contribution >= 4 is 11.6 Å². The van der Waals surface area contributed by atoms with Crippen molar-refractivity contribution in [3.63, 3.8) is 0 Å². The molecule has 1 atom stereocenters. The topological polar surface area (TPSA) is 75.3 Å². The van der Waals surface area contributed by atoms with Crippen LogP contribution in [0.15, 0.2) is 36.7 Å². The largest absolute Gasteiger partial charge is 0.433 e. The molecule has 1 aromatic carbocycles. The number of anilines is 1. The molecule has 162 valence electrons. The summed E-state index contributed by atoms with van der Waals surface area (Å²) in [6.45, 7) is 2.83. The second-order valence-electron chi connectivity index (χ2n) is 7.26. The Labute approximate surface area is 166 Å². The molecule has 6 nitrogen and oxygen atoms in total. The van der Waals surface area contributed by atoms with E-state index in [1.54, 1.807) is 0 Å². The Morgan fingerprint density at radius 3 is 2.23 bits per heavy atom. The number of alkyl halides is 6. The molecule has 0 aliphatic carbocycles. The fraction of sp³-hybridized carbons (Fsp3) is 0.389. The summed E-state index contributed by atoms with van der Waals surface area (Å²) in [5, 5.41) is 17.2. The highest BCUT2D eigenvalue weighted by Gasteiger charge is 2.35. The molecule has 30 heavy (non-hydrogen) atoms. The molecule has 0 saturated heterocycles. The third kappa shape index (κ3) is 4.99. The van der Waals surface area contributed by atoms with Gasteiger partial charge in [-0.2, -0.15) is 40.9 Å². The van der Waals surface area contributed by atoms with E-state index in [-0.39, 0.29) is 17.2 Å². The Morgan fingerprint density at radius 2 is 1.70 bits per heavy atom. The number of halogens is 6. The zero-order valence-electron chi connectivity index (χ0n) is 15.8. The van der Waals surface area contributed by atoms with Gasteiger partial charge in [0.15, 0.2) is 5.69 Å². The van der Waals surface area contributed by atoms with Gasteiger partial charge in [0.05, 0.1) is 18.1 Å². The molecule has 3 rings (SSSR count). The van der Waals surface area contributed by atoms with Gasteiger partial charge in [-0.1, -0.05) is 24.3 Å². The molecule has 2 N–H and O–H groups in total. The van der Waals surface area contributed by atoms with Crippen LogP contribution in [0.3, 0.4) is 0 Å². The number of aromatic nitrogens is 4. The van der Waals surface area contributed by atoms with Crippen LogP contribution in [0, 0.1) is 0 Å². The second kappa shape index (κ2) is 7.42. The molecule has 0 saturated carbocycles. The Balaban J connectivity index is 2.00. The first-order chi connectivity index (χ1) is 13.7. The average molecular weight is 433 g/mol. The van der Waals surface area contributed by atoms with Gasteiger partial charge in [-0.05, 0) is 25.0 Å². The smallest absolute Gasteiger partial charge is 0.388 e. The second-order valence-corrected chi connectivity index (χ2v) is 7.26. The van der Waals surface area contributed by atoms with Gasteiger partial charge in [0.1, 0.15) is 12.1 Å². The van der Waals surface area contributed by atoms with E-state index in [4.69, 9.17) is 0 Å². The number of benzene rings is 1. The number of rotatable bonds is 5. The Hall–Kier alpha value is -2.89. The van der Waals surface area contributed by atoms with Gasteiger partial charge in [-0.25, -0.2) is 4.98 Å². The highest BCUT2D eigenvalue weighted by Crippen LogP contribution is 2.34. The minimum Gasteiger partial charge on any atom is -0.388 e. The van der Waals surface area contributed by atoms with E-state index < -0.39 is 36.1 Å². The predicted octanol–water partition coefficient (Wildman–Crippen LogP) is 4.17. The van der Waals surface area contributed by atoms with E-state index in [1.165, 1.54) is 38.1 Å². The van der Waals surface area contributed by atoms with E-state index in [9.17, 15) is 31.4 Å². The van der Waals surface area contributed by atoms with Crippen molar-refractivity contribution in [2.45, 2.75) is 44.3 Å². The summed E-state index contributed by atoms with van der Waals surface area (Å²) in [7, 11) is 0. The molecule has 2 aromatic heterocycles. The summed E-state index contributed by atoms with van der Waals surface area (Å²) < 4.78 is 78.3.